The number of carbonyl (C=O) groups is 2. The van der Waals surface area contributed by atoms with Crippen LogP contribution in [-0.2, 0) is 31.9 Å². The minimum atomic E-state index is -1.49. The summed E-state index contributed by atoms with van der Waals surface area (Å²) in [5.74, 6) is -0.117. The summed E-state index contributed by atoms with van der Waals surface area (Å²) in [5.41, 5.74) is 2.71. The fourth-order valence-electron chi connectivity index (χ4n) is 5.50. The van der Waals surface area contributed by atoms with E-state index in [1.165, 1.54) is 11.1 Å². The quantitative estimate of drug-likeness (QED) is 0.280. The Morgan fingerprint density at radius 2 is 1.03 bits per heavy atom. The van der Waals surface area contributed by atoms with E-state index in [4.69, 9.17) is 9.47 Å². The summed E-state index contributed by atoms with van der Waals surface area (Å²) in [6.07, 6.45) is 9.00. The molecule has 2 atom stereocenters. The number of ether oxygens (including phenoxy) is 2. The van der Waals surface area contributed by atoms with E-state index in [1.807, 2.05) is 0 Å². The predicted octanol–water partition coefficient (Wildman–Crippen LogP) is 7.25. The van der Waals surface area contributed by atoms with Gasteiger partial charge >= 0.3 is 11.9 Å². The summed E-state index contributed by atoms with van der Waals surface area (Å²) in [5, 5.41) is 0. The van der Waals surface area contributed by atoms with E-state index in [1.54, 1.807) is 13.8 Å². The number of halogens is 2. The Bertz CT molecular complexity index is 729. The maximum atomic E-state index is 13.4. The number of carbonyl (C=O) groups excluding carboxylic acids is 2. The van der Waals surface area contributed by atoms with Crippen molar-refractivity contribution in [2.45, 2.75) is 128 Å². The third kappa shape index (κ3) is 9.15. The Morgan fingerprint density at radius 3 is 1.33 bits per heavy atom. The molecule has 0 unspecified atom stereocenters. The van der Waals surface area contributed by atoms with Gasteiger partial charge in [-0.05, 0) is 113 Å². The highest BCUT2D eigenvalue weighted by Gasteiger charge is 2.27. The molecule has 2 aliphatic rings. The lowest BCUT2D eigenvalue weighted by Gasteiger charge is -2.29. The van der Waals surface area contributed by atoms with Crippen LogP contribution in [0.2, 0.25) is 0 Å². The molecule has 0 saturated heterocycles. The van der Waals surface area contributed by atoms with Crippen LogP contribution in [0.25, 0.3) is 0 Å². The van der Waals surface area contributed by atoms with E-state index in [0.717, 1.165) is 77.0 Å². The predicted molar refractivity (Wildman–Crippen MR) is 137 cm³/mol. The highest BCUT2D eigenvalue weighted by atomic mass is 19.1. The van der Waals surface area contributed by atoms with Gasteiger partial charge in [-0.25, -0.2) is 18.4 Å². The minimum Gasteiger partial charge on any atom is -0.460 e. The molecule has 0 aliphatic heterocycles. The number of benzene rings is 1. The van der Waals surface area contributed by atoms with Crippen LogP contribution in [0.1, 0.15) is 102 Å². The van der Waals surface area contributed by atoms with Crippen molar-refractivity contribution < 1.29 is 27.8 Å². The molecule has 0 amide bonds. The maximum absolute atomic E-state index is 13.4. The Hall–Kier alpha value is -1.98. The summed E-state index contributed by atoms with van der Waals surface area (Å²) in [6.45, 7) is 3.31. The Kier molecular flexibility index (Phi) is 11.7. The second kappa shape index (κ2) is 14.7. The van der Waals surface area contributed by atoms with Gasteiger partial charge in [0, 0.05) is 0 Å². The van der Waals surface area contributed by atoms with Crippen LogP contribution in [0.3, 0.4) is 0 Å². The number of esters is 2. The molecule has 2 saturated carbocycles. The first kappa shape index (κ1) is 28.6. The van der Waals surface area contributed by atoms with Gasteiger partial charge < -0.3 is 9.47 Å². The third-order valence-corrected chi connectivity index (χ3v) is 8.09. The molecular weight excluding hydrogens is 462 g/mol. The fraction of sp³-hybridized carbons (Fsp3) is 0.733. The highest BCUT2D eigenvalue weighted by Crippen LogP contribution is 2.31. The zero-order valence-corrected chi connectivity index (χ0v) is 22.1. The van der Waals surface area contributed by atoms with Gasteiger partial charge in [0.2, 0.25) is 0 Å². The first-order chi connectivity index (χ1) is 17.4. The summed E-state index contributed by atoms with van der Waals surface area (Å²) in [7, 11) is 0. The number of hydrogen-bond acceptors (Lipinski definition) is 4. The van der Waals surface area contributed by atoms with Crippen LogP contribution in [0.15, 0.2) is 24.3 Å². The average molecular weight is 507 g/mol. The monoisotopic (exact) mass is 506 g/mol. The van der Waals surface area contributed by atoms with Gasteiger partial charge in [0.15, 0.2) is 12.3 Å². The molecule has 3 rings (SSSR count). The number of aryl methyl sites for hydroxylation is 2. The summed E-state index contributed by atoms with van der Waals surface area (Å²) < 4.78 is 37.5. The van der Waals surface area contributed by atoms with Crippen molar-refractivity contribution in [1.29, 1.82) is 0 Å². The van der Waals surface area contributed by atoms with Crippen molar-refractivity contribution in [2.75, 3.05) is 0 Å². The lowest BCUT2D eigenvalue weighted by atomic mass is 9.83. The molecule has 36 heavy (non-hydrogen) atoms. The molecule has 0 spiro atoms. The molecule has 1 aromatic carbocycles. The van der Waals surface area contributed by atoms with Gasteiger partial charge in [0.25, 0.3) is 0 Å². The van der Waals surface area contributed by atoms with Crippen molar-refractivity contribution in [2.24, 2.45) is 11.8 Å². The Labute approximate surface area is 215 Å². The highest BCUT2D eigenvalue weighted by molar-refractivity contribution is 5.74. The molecule has 0 N–H and O–H groups in total. The zero-order chi connectivity index (χ0) is 25.9. The molecule has 202 valence electrons. The van der Waals surface area contributed by atoms with Crippen LogP contribution in [-0.4, -0.2) is 36.5 Å². The lowest BCUT2D eigenvalue weighted by molar-refractivity contribution is -0.158. The summed E-state index contributed by atoms with van der Waals surface area (Å²) >= 11 is 0. The summed E-state index contributed by atoms with van der Waals surface area (Å²) in [6, 6.07) is 8.97. The molecule has 2 fully saturated rings. The van der Waals surface area contributed by atoms with Crippen molar-refractivity contribution in [3.63, 3.8) is 0 Å². The molecule has 0 aromatic heterocycles. The second-order valence-electron chi connectivity index (χ2n) is 10.8. The van der Waals surface area contributed by atoms with Crippen LogP contribution >= 0.6 is 0 Å². The molecule has 0 heterocycles. The normalized spacial score (nSPS) is 26.1. The average Bonchev–Trinajstić information content (AvgIpc) is 2.91. The molecule has 6 heteroatoms. The van der Waals surface area contributed by atoms with Gasteiger partial charge in [-0.2, -0.15) is 0 Å². The zero-order valence-electron chi connectivity index (χ0n) is 22.1. The van der Waals surface area contributed by atoms with E-state index < -0.39 is 24.3 Å². The Balaban J connectivity index is 1.29. The van der Waals surface area contributed by atoms with Gasteiger partial charge in [-0.1, -0.05) is 38.1 Å². The van der Waals surface area contributed by atoms with Gasteiger partial charge in [-0.3, -0.25) is 0 Å². The van der Waals surface area contributed by atoms with E-state index >= 15 is 0 Å². The second-order valence-corrected chi connectivity index (χ2v) is 10.8. The minimum absolute atomic E-state index is 0.119. The van der Waals surface area contributed by atoms with E-state index in [0.29, 0.717) is 11.8 Å². The van der Waals surface area contributed by atoms with Crippen LogP contribution < -0.4 is 0 Å². The van der Waals surface area contributed by atoms with Crippen LogP contribution in [0, 0.1) is 11.8 Å². The number of hydrogen-bond donors (Lipinski definition) is 0. The molecule has 4 nitrogen and oxygen atoms in total. The SMILES string of the molecule is CC[C@@H](F)C(=O)OC1CCC(CCc2ccc(CCC3CCC(OC(=O)[C@H](F)CC)CC3)cc2)CC1. The molecular formula is C30H44F2O4. The lowest BCUT2D eigenvalue weighted by Crippen LogP contribution is -2.28. The molecule has 0 radical (unpaired) electrons. The van der Waals surface area contributed by atoms with Crippen LogP contribution in [0.4, 0.5) is 8.78 Å². The third-order valence-electron chi connectivity index (χ3n) is 8.09. The first-order valence-electron chi connectivity index (χ1n) is 14.1. The maximum Gasteiger partial charge on any atom is 0.340 e. The van der Waals surface area contributed by atoms with E-state index in [9.17, 15) is 18.4 Å². The smallest absolute Gasteiger partial charge is 0.340 e. The standard InChI is InChI=1S/C30H44F2O4/c1-3-27(31)29(33)35-25-17-13-23(14-18-25)11-9-21-5-7-22(8-6-21)10-12-24-15-19-26(20-16-24)36-30(34)28(32)4-2/h5-8,23-28H,3-4,9-20H2,1-2H3/t23?,24?,25?,26?,27-,28-/m1/s1. The van der Waals surface area contributed by atoms with E-state index in [2.05, 4.69) is 24.3 Å². The van der Waals surface area contributed by atoms with Gasteiger partial charge in [0.05, 0.1) is 0 Å². The van der Waals surface area contributed by atoms with Crippen molar-refractivity contribution in [3.8, 4) is 0 Å². The Morgan fingerprint density at radius 1 is 0.694 bits per heavy atom. The van der Waals surface area contributed by atoms with Gasteiger partial charge in [0.1, 0.15) is 12.2 Å². The van der Waals surface area contributed by atoms with Crippen molar-refractivity contribution in [3.05, 3.63) is 35.4 Å². The van der Waals surface area contributed by atoms with Gasteiger partial charge in [-0.15, -0.1) is 0 Å². The fourth-order valence-corrected chi connectivity index (χ4v) is 5.50. The molecule has 1 aromatic rings. The number of rotatable bonds is 12. The van der Waals surface area contributed by atoms with E-state index in [-0.39, 0.29) is 25.0 Å². The first-order valence-corrected chi connectivity index (χ1v) is 14.1. The summed E-state index contributed by atoms with van der Waals surface area (Å²) in [4.78, 5) is 23.3. The topological polar surface area (TPSA) is 52.6 Å². The largest absolute Gasteiger partial charge is 0.460 e. The number of alkyl halides is 2. The van der Waals surface area contributed by atoms with Crippen molar-refractivity contribution >= 4 is 11.9 Å². The molecule has 2 aliphatic carbocycles. The molecule has 0 bridgehead atoms. The van der Waals surface area contributed by atoms with Crippen molar-refractivity contribution in [1.82, 2.24) is 0 Å². The van der Waals surface area contributed by atoms with Crippen LogP contribution in [0.5, 0.6) is 0 Å².